The lowest BCUT2D eigenvalue weighted by Crippen LogP contribution is -2.42. The molecule has 0 spiro atoms. The van der Waals surface area contributed by atoms with Crippen LogP contribution in [0.4, 0.5) is 5.82 Å². The minimum absolute atomic E-state index is 0.124. The van der Waals surface area contributed by atoms with Crippen molar-refractivity contribution in [1.29, 1.82) is 0 Å². The highest BCUT2D eigenvalue weighted by Gasteiger charge is 2.38. The lowest BCUT2D eigenvalue weighted by atomic mass is 9.94. The second-order valence-electron chi connectivity index (χ2n) is 7.58. The van der Waals surface area contributed by atoms with Crippen LogP contribution in [-0.4, -0.2) is 40.4 Å². The molecule has 0 radical (unpaired) electrons. The van der Waals surface area contributed by atoms with E-state index in [0.717, 1.165) is 44.7 Å². The normalized spacial score (nSPS) is 24.0. The van der Waals surface area contributed by atoms with Crippen LogP contribution >= 0.6 is 0 Å². The molecule has 2 saturated heterocycles. The van der Waals surface area contributed by atoms with Gasteiger partial charge in [-0.2, -0.15) is 0 Å². The molecule has 1 aromatic carbocycles. The number of carbonyl (C=O) groups excluding carboxylic acids is 1. The summed E-state index contributed by atoms with van der Waals surface area (Å²) in [5, 5.41) is 0. The summed E-state index contributed by atoms with van der Waals surface area (Å²) >= 11 is 0. The van der Waals surface area contributed by atoms with Crippen molar-refractivity contribution in [3.8, 4) is 0 Å². The first kappa shape index (κ1) is 17.0. The molecule has 0 aliphatic carbocycles. The van der Waals surface area contributed by atoms with Crippen LogP contribution in [0.2, 0.25) is 0 Å². The highest BCUT2D eigenvalue weighted by molar-refractivity contribution is 5.80. The molecule has 5 nitrogen and oxygen atoms in total. The van der Waals surface area contributed by atoms with E-state index in [0.29, 0.717) is 11.8 Å². The van der Waals surface area contributed by atoms with Gasteiger partial charge in [0, 0.05) is 37.9 Å². The van der Waals surface area contributed by atoms with Crippen LogP contribution in [0, 0.1) is 11.8 Å². The molecule has 2 aliphatic rings. The van der Waals surface area contributed by atoms with E-state index in [-0.39, 0.29) is 12.0 Å². The van der Waals surface area contributed by atoms with Gasteiger partial charge >= 0.3 is 0 Å². The van der Waals surface area contributed by atoms with Crippen molar-refractivity contribution >= 4 is 11.7 Å². The fourth-order valence-electron chi connectivity index (χ4n) is 4.33. The molecule has 1 amide bonds. The highest BCUT2D eigenvalue weighted by Crippen LogP contribution is 2.37. The van der Waals surface area contributed by atoms with Gasteiger partial charge in [-0.25, -0.2) is 4.98 Å². The van der Waals surface area contributed by atoms with Crippen LogP contribution in [-0.2, 0) is 4.79 Å². The molecule has 26 heavy (non-hydrogen) atoms. The van der Waals surface area contributed by atoms with E-state index in [1.54, 1.807) is 18.6 Å². The van der Waals surface area contributed by atoms with Crippen molar-refractivity contribution in [2.45, 2.75) is 32.2 Å². The number of hydrogen-bond acceptors (Lipinski definition) is 4. The molecule has 2 fully saturated rings. The van der Waals surface area contributed by atoms with Crippen LogP contribution in [0.5, 0.6) is 0 Å². The quantitative estimate of drug-likeness (QED) is 0.852. The Morgan fingerprint density at radius 2 is 1.88 bits per heavy atom. The number of benzene rings is 1. The molecule has 1 aromatic heterocycles. The Balaban J connectivity index is 1.43. The fraction of sp³-hybridized carbons (Fsp3) is 0.476. The van der Waals surface area contributed by atoms with Gasteiger partial charge in [0.15, 0.2) is 0 Å². The predicted octanol–water partition coefficient (Wildman–Crippen LogP) is 3.30. The highest BCUT2D eigenvalue weighted by atomic mass is 16.2. The van der Waals surface area contributed by atoms with E-state index in [2.05, 4.69) is 51.0 Å². The standard InChI is InChI=1S/C21H26N4O/c1-16-13-19(17-5-3-2-4-6-17)25(15-16)21(26)18-7-11-24(12-8-18)20-14-22-9-10-23-20/h2-6,9-10,14,16,18-19H,7-8,11-13,15H2,1H3. The number of anilines is 1. The minimum Gasteiger partial charge on any atom is -0.355 e. The average molecular weight is 350 g/mol. The molecule has 5 heteroatoms. The summed E-state index contributed by atoms with van der Waals surface area (Å²) in [6.07, 6.45) is 8.06. The van der Waals surface area contributed by atoms with Crippen molar-refractivity contribution < 1.29 is 4.79 Å². The van der Waals surface area contributed by atoms with E-state index < -0.39 is 0 Å². The zero-order chi connectivity index (χ0) is 17.9. The van der Waals surface area contributed by atoms with Gasteiger partial charge in [-0.15, -0.1) is 0 Å². The van der Waals surface area contributed by atoms with E-state index in [1.165, 1.54) is 5.56 Å². The molecule has 2 aromatic rings. The third-order valence-electron chi connectivity index (χ3n) is 5.70. The minimum atomic E-state index is 0.124. The van der Waals surface area contributed by atoms with Crippen molar-refractivity contribution in [3.05, 3.63) is 54.5 Å². The van der Waals surface area contributed by atoms with Gasteiger partial charge in [0.25, 0.3) is 0 Å². The third kappa shape index (κ3) is 3.43. The lowest BCUT2D eigenvalue weighted by Gasteiger charge is -2.35. The van der Waals surface area contributed by atoms with Crippen molar-refractivity contribution in [2.24, 2.45) is 11.8 Å². The molecule has 2 atom stereocenters. The first-order valence-corrected chi connectivity index (χ1v) is 9.59. The van der Waals surface area contributed by atoms with E-state index in [4.69, 9.17) is 0 Å². The number of likely N-dealkylation sites (tertiary alicyclic amines) is 1. The van der Waals surface area contributed by atoms with Gasteiger partial charge in [-0.05, 0) is 30.7 Å². The number of nitrogens with zero attached hydrogens (tertiary/aromatic N) is 4. The molecule has 0 saturated carbocycles. The van der Waals surface area contributed by atoms with Gasteiger partial charge in [0.05, 0.1) is 12.2 Å². The van der Waals surface area contributed by atoms with Crippen molar-refractivity contribution in [2.75, 3.05) is 24.5 Å². The second-order valence-corrected chi connectivity index (χ2v) is 7.58. The average Bonchev–Trinajstić information content (AvgIpc) is 3.11. The summed E-state index contributed by atoms with van der Waals surface area (Å²) in [6, 6.07) is 10.7. The number of carbonyl (C=O) groups is 1. The van der Waals surface area contributed by atoms with Gasteiger partial charge < -0.3 is 9.80 Å². The van der Waals surface area contributed by atoms with Crippen molar-refractivity contribution in [1.82, 2.24) is 14.9 Å². The summed E-state index contributed by atoms with van der Waals surface area (Å²) in [6.45, 7) is 4.87. The first-order valence-electron chi connectivity index (χ1n) is 9.59. The first-order chi connectivity index (χ1) is 12.7. The third-order valence-corrected chi connectivity index (χ3v) is 5.70. The predicted molar refractivity (Wildman–Crippen MR) is 102 cm³/mol. The Morgan fingerprint density at radius 3 is 2.58 bits per heavy atom. The smallest absolute Gasteiger partial charge is 0.226 e. The molecule has 0 N–H and O–H groups in total. The van der Waals surface area contributed by atoms with Crippen molar-refractivity contribution in [3.63, 3.8) is 0 Å². The van der Waals surface area contributed by atoms with Gasteiger partial charge in [0.2, 0.25) is 5.91 Å². The monoisotopic (exact) mass is 350 g/mol. The molecule has 0 bridgehead atoms. The number of aromatic nitrogens is 2. The summed E-state index contributed by atoms with van der Waals surface area (Å²) in [5.74, 6) is 1.93. The number of rotatable bonds is 3. The molecular formula is C21H26N4O. The van der Waals surface area contributed by atoms with Gasteiger partial charge in [0.1, 0.15) is 5.82 Å². The molecule has 4 rings (SSSR count). The Bertz CT molecular complexity index is 728. The maximum atomic E-state index is 13.3. The largest absolute Gasteiger partial charge is 0.355 e. The Hall–Kier alpha value is -2.43. The van der Waals surface area contributed by atoms with Crippen LogP contribution in [0.25, 0.3) is 0 Å². The van der Waals surface area contributed by atoms with Crippen LogP contribution in [0.3, 0.4) is 0 Å². The summed E-state index contributed by atoms with van der Waals surface area (Å²) in [5.41, 5.74) is 1.27. The van der Waals surface area contributed by atoms with Crippen LogP contribution in [0.15, 0.2) is 48.9 Å². The van der Waals surface area contributed by atoms with Crippen LogP contribution < -0.4 is 4.90 Å². The second kappa shape index (κ2) is 7.44. The maximum Gasteiger partial charge on any atom is 0.226 e. The fourth-order valence-corrected chi connectivity index (χ4v) is 4.33. The molecule has 3 heterocycles. The summed E-state index contributed by atoms with van der Waals surface area (Å²) < 4.78 is 0. The molecule has 2 unspecified atom stereocenters. The lowest BCUT2D eigenvalue weighted by molar-refractivity contribution is -0.137. The topological polar surface area (TPSA) is 49.3 Å². The molecule has 136 valence electrons. The Labute approximate surface area is 155 Å². The molecule has 2 aliphatic heterocycles. The zero-order valence-electron chi connectivity index (χ0n) is 15.3. The van der Waals surface area contributed by atoms with Gasteiger partial charge in [-0.1, -0.05) is 37.3 Å². The summed E-state index contributed by atoms with van der Waals surface area (Å²) in [4.78, 5) is 26.2. The van der Waals surface area contributed by atoms with Gasteiger partial charge in [-0.3, -0.25) is 9.78 Å². The van der Waals surface area contributed by atoms with E-state index in [9.17, 15) is 4.79 Å². The summed E-state index contributed by atoms with van der Waals surface area (Å²) in [7, 11) is 0. The van der Waals surface area contributed by atoms with E-state index in [1.807, 2.05) is 6.07 Å². The Kier molecular flexibility index (Phi) is 4.87. The van der Waals surface area contributed by atoms with Crippen LogP contribution in [0.1, 0.15) is 37.8 Å². The zero-order valence-corrected chi connectivity index (χ0v) is 15.3. The Morgan fingerprint density at radius 1 is 1.12 bits per heavy atom. The molecular weight excluding hydrogens is 324 g/mol. The SMILES string of the molecule is CC1CC(c2ccccc2)N(C(=O)C2CCN(c3cnccn3)CC2)C1. The maximum absolute atomic E-state index is 13.3. The number of piperidine rings is 1. The van der Waals surface area contributed by atoms with E-state index >= 15 is 0 Å². The number of hydrogen-bond donors (Lipinski definition) is 0. The number of amides is 1.